The van der Waals surface area contributed by atoms with E-state index in [0.29, 0.717) is 6.04 Å². The van der Waals surface area contributed by atoms with Crippen molar-refractivity contribution in [3.8, 4) is 0 Å². The van der Waals surface area contributed by atoms with Crippen LogP contribution in [-0.4, -0.2) is 30.8 Å². The van der Waals surface area contributed by atoms with Gasteiger partial charge in [0.05, 0.1) is 7.11 Å². The van der Waals surface area contributed by atoms with Crippen molar-refractivity contribution in [3.05, 3.63) is 11.9 Å². The lowest BCUT2D eigenvalue weighted by Crippen LogP contribution is -2.55. The van der Waals surface area contributed by atoms with Gasteiger partial charge in [0, 0.05) is 18.7 Å². The lowest BCUT2D eigenvalue weighted by molar-refractivity contribution is -0.190. The Kier molecular flexibility index (Phi) is 4.38. The second-order valence-corrected chi connectivity index (χ2v) is 3.42. The van der Waals surface area contributed by atoms with Crippen LogP contribution in [0.2, 0.25) is 0 Å². The molecule has 1 heterocycles. The van der Waals surface area contributed by atoms with Crippen molar-refractivity contribution in [2.45, 2.75) is 26.8 Å². The van der Waals surface area contributed by atoms with Gasteiger partial charge in [-0.1, -0.05) is 0 Å². The van der Waals surface area contributed by atoms with Crippen LogP contribution in [0.15, 0.2) is 16.9 Å². The molecule has 1 aliphatic rings. The highest BCUT2D eigenvalue weighted by molar-refractivity contribution is 5.93. The fraction of sp³-hybridized carbons (Fsp3) is 0.667. The molecular weight excluding hydrogens is 194 g/mol. The zero-order chi connectivity index (χ0) is 11.3. The van der Waals surface area contributed by atoms with Gasteiger partial charge < -0.3 is 5.32 Å². The highest BCUT2D eigenvalue weighted by atomic mass is 16.7. The molecule has 0 atom stereocenters. The minimum absolute atomic E-state index is 0.350. The Morgan fingerprint density at radius 1 is 1.53 bits per heavy atom. The average molecular weight is 213 g/mol. The van der Waals surface area contributed by atoms with E-state index in [1.807, 2.05) is 13.0 Å². The van der Waals surface area contributed by atoms with Crippen LogP contribution >= 0.6 is 0 Å². The summed E-state index contributed by atoms with van der Waals surface area (Å²) in [5.41, 5.74) is 5.93. The number of hydrazine groups is 2. The SMILES string of the molecule is CCN=C1C=C(NC(C)C)NN(OC)N1. The summed E-state index contributed by atoms with van der Waals surface area (Å²) in [6.45, 7) is 6.85. The van der Waals surface area contributed by atoms with Gasteiger partial charge in [0.2, 0.25) is 0 Å². The topological polar surface area (TPSA) is 60.9 Å². The molecule has 0 saturated carbocycles. The maximum atomic E-state index is 5.03. The summed E-state index contributed by atoms with van der Waals surface area (Å²) in [4.78, 5) is 9.30. The molecule has 15 heavy (non-hydrogen) atoms. The second-order valence-electron chi connectivity index (χ2n) is 3.42. The van der Waals surface area contributed by atoms with E-state index in [2.05, 4.69) is 35.0 Å². The molecule has 1 rings (SSSR count). The van der Waals surface area contributed by atoms with Gasteiger partial charge in [0.15, 0.2) is 0 Å². The Hall–Kier alpha value is -1.27. The van der Waals surface area contributed by atoms with Crippen molar-refractivity contribution in [3.63, 3.8) is 0 Å². The molecule has 0 amide bonds. The number of hydrogen-bond acceptors (Lipinski definition) is 5. The van der Waals surface area contributed by atoms with E-state index >= 15 is 0 Å². The minimum atomic E-state index is 0.350. The standard InChI is InChI=1S/C9H19N5O/c1-5-10-8-6-9(11-7(2)3)13-14(12-8)15-4/h6-7,11,13H,5H2,1-4H3,(H,10,12). The van der Waals surface area contributed by atoms with E-state index in [1.54, 1.807) is 7.11 Å². The van der Waals surface area contributed by atoms with Crippen LogP contribution in [0.4, 0.5) is 0 Å². The van der Waals surface area contributed by atoms with Crippen molar-refractivity contribution >= 4 is 5.84 Å². The van der Waals surface area contributed by atoms with Crippen LogP contribution in [0, 0.1) is 0 Å². The Labute approximate surface area is 90.3 Å². The predicted molar refractivity (Wildman–Crippen MR) is 59.5 cm³/mol. The molecule has 0 fully saturated rings. The molecular formula is C9H19N5O. The average Bonchev–Trinajstić information content (AvgIpc) is 2.16. The van der Waals surface area contributed by atoms with Crippen LogP contribution < -0.4 is 16.2 Å². The highest BCUT2D eigenvalue weighted by Gasteiger charge is 2.14. The normalized spacial score (nSPS) is 19.8. The molecule has 3 N–H and O–H groups in total. The van der Waals surface area contributed by atoms with Gasteiger partial charge in [0.25, 0.3) is 0 Å². The second kappa shape index (κ2) is 5.57. The number of rotatable bonds is 4. The molecule has 6 heteroatoms. The van der Waals surface area contributed by atoms with E-state index < -0.39 is 0 Å². The van der Waals surface area contributed by atoms with Gasteiger partial charge in [-0.2, -0.15) is 0 Å². The third-order valence-corrected chi connectivity index (χ3v) is 1.67. The third kappa shape index (κ3) is 3.77. The molecule has 0 bridgehead atoms. The van der Waals surface area contributed by atoms with Gasteiger partial charge in [0.1, 0.15) is 11.7 Å². The van der Waals surface area contributed by atoms with Crippen LogP contribution in [0.3, 0.4) is 0 Å². The molecule has 86 valence electrons. The summed E-state index contributed by atoms with van der Waals surface area (Å²) in [6.07, 6.45) is 1.90. The van der Waals surface area contributed by atoms with Crippen LogP contribution in [-0.2, 0) is 4.84 Å². The van der Waals surface area contributed by atoms with Gasteiger partial charge >= 0.3 is 0 Å². The molecule has 0 unspecified atom stereocenters. The minimum Gasteiger partial charge on any atom is -0.368 e. The number of nitrogens with zero attached hydrogens (tertiary/aromatic N) is 2. The first kappa shape index (κ1) is 11.8. The summed E-state index contributed by atoms with van der Waals surface area (Å²) in [6, 6.07) is 0.350. The van der Waals surface area contributed by atoms with Crippen molar-refractivity contribution in [2.24, 2.45) is 4.99 Å². The lowest BCUT2D eigenvalue weighted by Gasteiger charge is -2.29. The fourth-order valence-corrected chi connectivity index (χ4v) is 1.17. The number of amidine groups is 1. The molecule has 0 aromatic carbocycles. The summed E-state index contributed by atoms with van der Waals surface area (Å²) in [7, 11) is 1.57. The van der Waals surface area contributed by atoms with Gasteiger partial charge in [-0.15, -0.1) is 0 Å². The Morgan fingerprint density at radius 3 is 2.80 bits per heavy atom. The molecule has 0 aliphatic carbocycles. The van der Waals surface area contributed by atoms with Crippen molar-refractivity contribution < 1.29 is 4.84 Å². The zero-order valence-corrected chi connectivity index (χ0v) is 9.66. The van der Waals surface area contributed by atoms with Gasteiger partial charge in [-0.25, -0.2) is 0 Å². The van der Waals surface area contributed by atoms with Crippen molar-refractivity contribution in [1.29, 1.82) is 0 Å². The third-order valence-electron chi connectivity index (χ3n) is 1.67. The molecule has 1 aliphatic heterocycles. The monoisotopic (exact) mass is 213 g/mol. The van der Waals surface area contributed by atoms with Crippen LogP contribution in [0.25, 0.3) is 0 Å². The number of aliphatic imine (C=N–C) groups is 1. The first-order chi connectivity index (χ1) is 7.15. The molecule has 0 aromatic rings. The fourth-order valence-electron chi connectivity index (χ4n) is 1.17. The van der Waals surface area contributed by atoms with E-state index in [0.717, 1.165) is 18.2 Å². The molecule has 0 aromatic heterocycles. The highest BCUT2D eigenvalue weighted by Crippen LogP contribution is 1.97. The van der Waals surface area contributed by atoms with E-state index in [1.165, 1.54) is 5.28 Å². The quantitative estimate of drug-likeness (QED) is 0.619. The van der Waals surface area contributed by atoms with E-state index in [-0.39, 0.29) is 0 Å². The summed E-state index contributed by atoms with van der Waals surface area (Å²) >= 11 is 0. The maximum Gasteiger partial charge on any atom is 0.142 e. The van der Waals surface area contributed by atoms with Gasteiger partial charge in [-0.05, 0) is 26.1 Å². The number of hydrogen-bond donors (Lipinski definition) is 3. The Balaban J connectivity index is 2.71. The Morgan fingerprint density at radius 2 is 2.27 bits per heavy atom. The molecule has 6 nitrogen and oxygen atoms in total. The van der Waals surface area contributed by atoms with E-state index in [9.17, 15) is 0 Å². The smallest absolute Gasteiger partial charge is 0.142 e. The lowest BCUT2D eigenvalue weighted by atomic mass is 10.4. The molecule has 0 radical (unpaired) electrons. The predicted octanol–water partition coefficient (Wildman–Crippen LogP) is 0.130. The Bertz CT molecular complexity index is 261. The first-order valence-electron chi connectivity index (χ1n) is 5.06. The van der Waals surface area contributed by atoms with E-state index in [4.69, 9.17) is 4.84 Å². The van der Waals surface area contributed by atoms with Crippen LogP contribution in [0.1, 0.15) is 20.8 Å². The summed E-state index contributed by atoms with van der Waals surface area (Å²) < 4.78 is 0. The van der Waals surface area contributed by atoms with Gasteiger partial charge in [-0.3, -0.25) is 20.7 Å². The van der Waals surface area contributed by atoms with Crippen molar-refractivity contribution in [2.75, 3.05) is 13.7 Å². The van der Waals surface area contributed by atoms with Crippen molar-refractivity contribution in [1.82, 2.24) is 21.4 Å². The maximum absolute atomic E-state index is 5.03. The molecule has 0 saturated heterocycles. The van der Waals surface area contributed by atoms with Crippen LogP contribution in [0.5, 0.6) is 0 Å². The summed E-state index contributed by atoms with van der Waals surface area (Å²) in [5.74, 6) is 1.62. The first-order valence-corrected chi connectivity index (χ1v) is 5.06. The number of nitrogens with one attached hydrogen (secondary N) is 3. The summed E-state index contributed by atoms with van der Waals surface area (Å²) in [5, 5.41) is 4.64. The zero-order valence-electron chi connectivity index (χ0n) is 9.66. The largest absolute Gasteiger partial charge is 0.368 e. The molecule has 0 spiro atoms.